The van der Waals surface area contributed by atoms with Gasteiger partial charge in [-0.3, -0.25) is 0 Å². The van der Waals surface area contributed by atoms with E-state index in [9.17, 15) is 44.6 Å². The molecular weight excluding hydrogens is 521 g/mol. The van der Waals surface area contributed by atoms with E-state index in [1.165, 1.54) is 36.4 Å². The molecule has 37 heavy (non-hydrogen) atoms. The summed E-state index contributed by atoms with van der Waals surface area (Å²) in [7, 11) is 0. The van der Waals surface area contributed by atoms with Gasteiger partial charge in [-0.05, 0) is 49.4 Å². The number of hydrogen-bond acceptors (Lipinski definition) is 4. The summed E-state index contributed by atoms with van der Waals surface area (Å²) < 4.78 is 126. The average Bonchev–Trinajstić information content (AvgIpc) is 2.77. The Morgan fingerprint density at radius 2 is 1.49 bits per heavy atom. The molecule has 0 aliphatic heterocycles. The monoisotopic (exact) mass is 545 g/mol. The second kappa shape index (κ2) is 11.3. The van der Waals surface area contributed by atoms with Crippen LogP contribution in [0.15, 0.2) is 48.5 Å². The summed E-state index contributed by atoms with van der Waals surface area (Å²) >= 11 is 0. The lowest BCUT2D eigenvalue weighted by Crippen LogP contribution is -2.44. The van der Waals surface area contributed by atoms with Crippen molar-refractivity contribution in [2.75, 3.05) is 18.0 Å². The van der Waals surface area contributed by atoms with Crippen LogP contribution in [0.2, 0.25) is 0 Å². The van der Waals surface area contributed by atoms with Gasteiger partial charge in [0.15, 0.2) is 6.10 Å². The van der Waals surface area contributed by atoms with Crippen molar-refractivity contribution in [1.29, 1.82) is 0 Å². The first kappa shape index (κ1) is 28.7. The Hall–Kier alpha value is -2.83. The van der Waals surface area contributed by atoms with E-state index in [0.717, 1.165) is 17.0 Å². The lowest BCUT2D eigenvalue weighted by atomic mass is 9.80. The molecular formula is C24H24F9NO3. The number of benzene rings is 2. The predicted octanol–water partition coefficient (Wildman–Crippen LogP) is 7.48. The second-order valence-corrected chi connectivity index (χ2v) is 8.86. The van der Waals surface area contributed by atoms with Gasteiger partial charge in [-0.1, -0.05) is 18.6 Å². The van der Waals surface area contributed by atoms with Crippen LogP contribution >= 0.6 is 0 Å². The third-order valence-electron chi connectivity index (χ3n) is 5.95. The molecule has 0 bridgehead atoms. The molecule has 1 aliphatic carbocycles. The van der Waals surface area contributed by atoms with E-state index < -0.39 is 48.9 Å². The molecule has 1 fully saturated rings. The highest BCUT2D eigenvalue weighted by Gasteiger charge is 2.43. The molecule has 13 heteroatoms. The number of ether oxygens (including phenoxy) is 2. The molecule has 0 amide bonds. The maximum Gasteiger partial charge on any atom is 0.573 e. The molecule has 3 atom stereocenters. The van der Waals surface area contributed by atoms with Gasteiger partial charge in [0, 0.05) is 24.4 Å². The fourth-order valence-electron chi connectivity index (χ4n) is 4.28. The minimum Gasteiger partial charge on any atom is -0.457 e. The number of aliphatic hydroxyl groups is 1. The molecule has 0 spiro atoms. The summed E-state index contributed by atoms with van der Waals surface area (Å²) in [6, 6.07) is 10.1. The Morgan fingerprint density at radius 3 is 2.11 bits per heavy atom. The molecule has 3 unspecified atom stereocenters. The maximum atomic E-state index is 13.2. The van der Waals surface area contributed by atoms with Crippen LogP contribution in [0.1, 0.15) is 25.7 Å². The van der Waals surface area contributed by atoms with Crippen molar-refractivity contribution in [3.05, 3.63) is 48.5 Å². The van der Waals surface area contributed by atoms with Crippen LogP contribution in [0.25, 0.3) is 0 Å². The van der Waals surface area contributed by atoms with E-state index in [1.54, 1.807) is 0 Å². The lowest BCUT2D eigenvalue weighted by Gasteiger charge is -2.36. The van der Waals surface area contributed by atoms with Gasteiger partial charge >= 0.3 is 18.7 Å². The SMILES string of the molecule is OC(CN(CC1CCCC(C(F)(F)F)C1)c1cccc(Oc2cccc(OC(F)(F)F)c2)c1)C(F)(F)F. The van der Waals surface area contributed by atoms with Gasteiger partial charge in [-0.15, -0.1) is 13.2 Å². The predicted molar refractivity (Wildman–Crippen MR) is 115 cm³/mol. The van der Waals surface area contributed by atoms with E-state index in [0.29, 0.717) is 6.42 Å². The lowest BCUT2D eigenvalue weighted by molar-refractivity contribution is -0.274. The first-order valence-electron chi connectivity index (χ1n) is 11.3. The summed E-state index contributed by atoms with van der Waals surface area (Å²) in [6.45, 7) is -1.09. The molecule has 0 heterocycles. The first-order valence-corrected chi connectivity index (χ1v) is 11.3. The Bertz CT molecular complexity index is 1020. The zero-order chi connectivity index (χ0) is 27.4. The minimum atomic E-state index is -4.95. The molecule has 2 aromatic rings. The summed E-state index contributed by atoms with van der Waals surface area (Å²) in [5, 5.41) is 9.67. The van der Waals surface area contributed by atoms with Crippen LogP contribution in [0.3, 0.4) is 0 Å². The summed E-state index contributed by atoms with van der Waals surface area (Å²) in [6.07, 6.45) is -16.7. The number of hydrogen-bond donors (Lipinski definition) is 1. The topological polar surface area (TPSA) is 41.9 Å². The standard InChI is InChI=1S/C24H24F9NO3/c25-22(26,27)16-5-1-4-15(10-16)13-34(14-21(35)23(28,29)30)17-6-2-7-18(11-17)36-19-8-3-9-20(12-19)37-24(31,32)33/h2-3,6-9,11-12,15-16,21,35H,1,4-5,10,13-14H2. The zero-order valence-corrected chi connectivity index (χ0v) is 19.2. The molecule has 1 aliphatic rings. The highest BCUT2D eigenvalue weighted by atomic mass is 19.4. The van der Waals surface area contributed by atoms with Gasteiger partial charge in [-0.2, -0.15) is 26.3 Å². The Morgan fingerprint density at radius 1 is 0.865 bits per heavy atom. The molecule has 206 valence electrons. The van der Waals surface area contributed by atoms with Gasteiger partial charge in [0.05, 0.1) is 12.5 Å². The number of nitrogens with zero attached hydrogens (tertiary/aromatic N) is 1. The van der Waals surface area contributed by atoms with Crippen molar-refractivity contribution in [3.63, 3.8) is 0 Å². The Labute approximate surface area is 206 Å². The Balaban J connectivity index is 1.81. The van der Waals surface area contributed by atoms with Gasteiger partial charge in [0.25, 0.3) is 0 Å². The fourth-order valence-corrected chi connectivity index (χ4v) is 4.28. The molecule has 4 nitrogen and oxygen atoms in total. The highest BCUT2D eigenvalue weighted by Crippen LogP contribution is 2.41. The van der Waals surface area contributed by atoms with Crippen LogP contribution < -0.4 is 14.4 Å². The zero-order valence-electron chi connectivity index (χ0n) is 19.2. The van der Waals surface area contributed by atoms with E-state index in [-0.39, 0.29) is 43.0 Å². The fraction of sp³-hybridized carbons (Fsp3) is 0.500. The molecule has 1 saturated carbocycles. The van der Waals surface area contributed by atoms with Crippen LogP contribution in [0.5, 0.6) is 17.2 Å². The smallest absolute Gasteiger partial charge is 0.457 e. The maximum absolute atomic E-state index is 13.2. The molecule has 0 aromatic heterocycles. The van der Waals surface area contributed by atoms with Crippen LogP contribution in [0, 0.1) is 11.8 Å². The van der Waals surface area contributed by atoms with Crippen molar-refractivity contribution in [2.45, 2.75) is 50.5 Å². The van der Waals surface area contributed by atoms with E-state index in [2.05, 4.69) is 4.74 Å². The highest BCUT2D eigenvalue weighted by molar-refractivity contribution is 5.52. The van der Waals surface area contributed by atoms with Crippen molar-refractivity contribution in [3.8, 4) is 17.2 Å². The second-order valence-electron chi connectivity index (χ2n) is 8.86. The summed E-state index contributed by atoms with van der Waals surface area (Å²) in [4.78, 5) is 1.15. The number of alkyl halides is 9. The van der Waals surface area contributed by atoms with E-state index >= 15 is 0 Å². The van der Waals surface area contributed by atoms with Crippen molar-refractivity contribution >= 4 is 5.69 Å². The molecule has 3 rings (SSSR count). The van der Waals surface area contributed by atoms with E-state index in [4.69, 9.17) is 4.74 Å². The third-order valence-corrected chi connectivity index (χ3v) is 5.95. The van der Waals surface area contributed by atoms with Crippen LogP contribution in [-0.4, -0.2) is 43.0 Å². The van der Waals surface area contributed by atoms with Gasteiger partial charge in [0.1, 0.15) is 17.2 Å². The van der Waals surface area contributed by atoms with Gasteiger partial charge < -0.3 is 19.5 Å². The van der Waals surface area contributed by atoms with Gasteiger partial charge in [-0.25, -0.2) is 0 Å². The van der Waals surface area contributed by atoms with Crippen molar-refractivity contribution in [2.24, 2.45) is 11.8 Å². The number of rotatable bonds is 8. The minimum absolute atomic E-state index is 0.0463. The summed E-state index contributed by atoms with van der Waals surface area (Å²) in [5.41, 5.74) is 0.137. The summed E-state index contributed by atoms with van der Waals surface area (Å²) in [5.74, 6) is -2.68. The van der Waals surface area contributed by atoms with Crippen molar-refractivity contribution < 1.29 is 54.1 Å². The Kier molecular flexibility index (Phi) is 8.76. The van der Waals surface area contributed by atoms with Gasteiger partial charge in [0.2, 0.25) is 0 Å². The number of anilines is 1. The number of aliphatic hydroxyl groups excluding tert-OH is 1. The molecule has 2 aromatic carbocycles. The van der Waals surface area contributed by atoms with Crippen LogP contribution in [0.4, 0.5) is 45.2 Å². The molecule has 0 radical (unpaired) electrons. The van der Waals surface area contributed by atoms with E-state index in [1.807, 2.05) is 0 Å². The average molecular weight is 545 g/mol. The molecule has 1 N–H and O–H groups in total. The third kappa shape index (κ3) is 8.90. The normalized spacial score (nSPS) is 19.8. The molecule has 0 saturated heterocycles. The number of halogens is 9. The van der Waals surface area contributed by atoms with Crippen LogP contribution in [-0.2, 0) is 0 Å². The first-order chi connectivity index (χ1) is 17.1. The van der Waals surface area contributed by atoms with Crippen molar-refractivity contribution in [1.82, 2.24) is 0 Å². The quantitative estimate of drug-likeness (QED) is 0.350. The largest absolute Gasteiger partial charge is 0.573 e.